The highest BCUT2D eigenvalue weighted by Crippen LogP contribution is 2.41. The van der Waals surface area contributed by atoms with E-state index in [1.54, 1.807) is 6.07 Å². The first kappa shape index (κ1) is 30.5. The number of nitrogens with one attached hydrogen (secondary N) is 1. The average Bonchev–Trinajstić information content (AvgIpc) is 3.05. The number of nitrogens with zero attached hydrogens (tertiary/aromatic N) is 3. The molecule has 0 saturated carbocycles. The highest BCUT2D eigenvalue weighted by Gasteiger charge is 2.38. The Morgan fingerprint density at radius 3 is 2.45 bits per heavy atom. The average molecular weight is 591 g/mol. The number of anilines is 1. The summed E-state index contributed by atoms with van der Waals surface area (Å²) in [7, 11) is -3.92. The predicted octanol–water partition coefficient (Wildman–Crippen LogP) is 7.21. The molecule has 42 heavy (non-hydrogen) atoms. The van der Waals surface area contributed by atoms with E-state index in [1.165, 1.54) is 0 Å². The SMILES string of the molecule is Cc1cccc(C)c1-c1cc2nc(n1)NS(=O)(=O)c1cccc(c1)C1CCN(CCC(C)(C)C)C[C@H](O2)[C@H]1CC(C)C. The van der Waals surface area contributed by atoms with Gasteiger partial charge >= 0.3 is 0 Å². The number of rotatable bonds is 5. The van der Waals surface area contributed by atoms with Gasteiger partial charge in [-0.05, 0) is 92.3 Å². The fraction of sp³-hybridized carbons (Fsp3) is 0.529. The van der Waals surface area contributed by atoms with E-state index in [0.717, 1.165) is 61.2 Å². The molecule has 2 aliphatic rings. The highest BCUT2D eigenvalue weighted by atomic mass is 32.2. The van der Waals surface area contributed by atoms with E-state index in [4.69, 9.17) is 9.72 Å². The quantitative estimate of drug-likeness (QED) is 0.338. The van der Waals surface area contributed by atoms with E-state index < -0.39 is 10.0 Å². The fourth-order valence-corrected chi connectivity index (χ4v) is 7.49. The van der Waals surface area contributed by atoms with Crippen LogP contribution in [-0.4, -0.2) is 49.0 Å². The maximum absolute atomic E-state index is 13.7. The molecule has 1 fully saturated rings. The van der Waals surface area contributed by atoms with Gasteiger partial charge in [-0.3, -0.25) is 4.90 Å². The summed E-state index contributed by atoms with van der Waals surface area (Å²) >= 11 is 0. The Kier molecular flexibility index (Phi) is 8.68. The first-order chi connectivity index (χ1) is 19.8. The minimum Gasteiger partial charge on any atom is -0.473 e. The first-order valence-corrected chi connectivity index (χ1v) is 16.7. The van der Waals surface area contributed by atoms with Crippen LogP contribution in [0.15, 0.2) is 53.4 Å². The number of sulfonamides is 1. The number of fused-ring (bicyclic) bond motifs is 7. The van der Waals surface area contributed by atoms with Gasteiger partial charge in [0.05, 0.1) is 10.6 Å². The number of aromatic nitrogens is 2. The molecule has 2 aliphatic heterocycles. The Bertz CT molecular complexity index is 1510. The maximum Gasteiger partial charge on any atom is 0.264 e. The zero-order valence-electron chi connectivity index (χ0n) is 26.1. The van der Waals surface area contributed by atoms with Crippen LogP contribution in [0.4, 0.5) is 5.95 Å². The summed E-state index contributed by atoms with van der Waals surface area (Å²) in [4.78, 5) is 12.1. The summed E-state index contributed by atoms with van der Waals surface area (Å²) in [6.07, 6.45) is 2.89. The van der Waals surface area contributed by atoms with Crippen LogP contribution in [0.3, 0.4) is 0 Å². The van der Waals surface area contributed by atoms with Crippen LogP contribution in [0.1, 0.15) is 76.5 Å². The molecule has 5 rings (SSSR count). The predicted molar refractivity (Wildman–Crippen MR) is 169 cm³/mol. The second-order valence-electron chi connectivity index (χ2n) is 13.8. The molecule has 6 bridgehead atoms. The number of benzene rings is 2. The van der Waals surface area contributed by atoms with Gasteiger partial charge in [0.1, 0.15) is 6.10 Å². The van der Waals surface area contributed by atoms with E-state index in [2.05, 4.69) is 55.3 Å². The fourth-order valence-electron chi connectivity index (χ4n) is 6.50. The minimum atomic E-state index is -3.92. The van der Waals surface area contributed by atoms with Gasteiger partial charge in [-0.25, -0.2) is 18.1 Å². The van der Waals surface area contributed by atoms with Crippen LogP contribution < -0.4 is 9.46 Å². The van der Waals surface area contributed by atoms with Crippen molar-refractivity contribution < 1.29 is 13.2 Å². The molecule has 7 nitrogen and oxygen atoms in total. The lowest BCUT2D eigenvalue weighted by molar-refractivity contribution is 0.0771. The smallest absolute Gasteiger partial charge is 0.264 e. The Morgan fingerprint density at radius 1 is 1.05 bits per heavy atom. The van der Waals surface area contributed by atoms with Crippen molar-refractivity contribution in [3.05, 3.63) is 65.2 Å². The van der Waals surface area contributed by atoms with Gasteiger partial charge in [0.15, 0.2) is 0 Å². The van der Waals surface area contributed by atoms with E-state index >= 15 is 0 Å². The Morgan fingerprint density at radius 2 is 1.76 bits per heavy atom. The molecule has 3 aromatic rings. The van der Waals surface area contributed by atoms with Gasteiger partial charge < -0.3 is 4.74 Å². The number of likely N-dealkylation sites (tertiary alicyclic amines) is 1. The van der Waals surface area contributed by atoms with Gasteiger partial charge in [-0.1, -0.05) is 65.0 Å². The maximum atomic E-state index is 13.7. The van der Waals surface area contributed by atoms with Crippen molar-refractivity contribution in [1.82, 2.24) is 14.9 Å². The zero-order valence-corrected chi connectivity index (χ0v) is 27.0. The lowest BCUT2D eigenvalue weighted by Crippen LogP contribution is -2.40. The molecule has 1 unspecified atom stereocenters. The van der Waals surface area contributed by atoms with Crippen LogP contribution in [0, 0.1) is 31.1 Å². The van der Waals surface area contributed by atoms with Crippen LogP contribution >= 0.6 is 0 Å². The minimum absolute atomic E-state index is 0.0197. The molecular weight excluding hydrogens is 544 g/mol. The molecule has 0 radical (unpaired) electrons. The second kappa shape index (κ2) is 12.0. The lowest BCUT2D eigenvalue weighted by Gasteiger charge is -2.34. The molecule has 226 valence electrons. The Hall–Kier alpha value is -2.97. The number of ether oxygens (including phenoxy) is 1. The van der Waals surface area contributed by atoms with Crippen molar-refractivity contribution in [3.8, 4) is 17.1 Å². The molecule has 0 aliphatic carbocycles. The first-order valence-electron chi connectivity index (χ1n) is 15.3. The van der Waals surface area contributed by atoms with E-state index in [0.29, 0.717) is 17.5 Å². The summed E-state index contributed by atoms with van der Waals surface area (Å²) in [5, 5.41) is 0. The van der Waals surface area contributed by atoms with Gasteiger partial charge in [0.2, 0.25) is 11.8 Å². The molecule has 1 saturated heterocycles. The normalized spacial score (nSPS) is 22.3. The number of hydrogen-bond acceptors (Lipinski definition) is 6. The summed E-state index contributed by atoms with van der Waals surface area (Å²) in [5.74, 6) is 1.23. The molecule has 0 amide bonds. The van der Waals surface area contributed by atoms with Gasteiger partial charge in [-0.2, -0.15) is 4.98 Å². The summed E-state index contributed by atoms with van der Waals surface area (Å²) < 4.78 is 36.9. The van der Waals surface area contributed by atoms with E-state index in [9.17, 15) is 8.42 Å². The monoisotopic (exact) mass is 590 g/mol. The second-order valence-corrected chi connectivity index (χ2v) is 15.5. The largest absolute Gasteiger partial charge is 0.473 e. The van der Waals surface area contributed by atoms with Crippen LogP contribution in [0.25, 0.3) is 11.3 Å². The molecule has 0 spiro atoms. The molecule has 8 heteroatoms. The third-order valence-corrected chi connectivity index (χ3v) is 9.97. The molecule has 1 N–H and O–H groups in total. The summed E-state index contributed by atoms with van der Waals surface area (Å²) in [6.45, 7) is 18.2. The molecular formula is C34H46N4O3S. The van der Waals surface area contributed by atoms with Crippen LogP contribution in [-0.2, 0) is 10.0 Å². The number of aryl methyl sites for hydroxylation is 2. The third kappa shape index (κ3) is 6.97. The van der Waals surface area contributed by atoms with Gasteiger partial charge in [0, 0.05) is 24.1 Å². The molecule has 2 aromatic carbocycles. The van der Waals surface area contributed by atoms with E-state index in [1.807, 2.05) is 50.2 Å². The lowest BCUT2D eigenvalue weighted by atomic mass is 9.77. The van der Waals surface area contributed by atoms with Gasteiger partial charge in [0.25, 0.3) is 10.0 Å². The highest BCUT2D eigenvalue weighted by molar-refractivity contribution is 7.92. The summed E-state index contributed by atoms with van der Waals surface area (Å²) in [5.41, 5.74) is 5.01. The standard InChI is InChI=1S/C34H46N4O3S/c1-22(2)18-28-27-14-16-38(17-15-34(5,6)7)21-30(28)41-31-20-29(32-23(3)10-8-11-24(32)4)35-33(36-31)37-42(39,40)26-13-9-12-25(27)19-26/h8-13,19-20,22,27-28,30H,14-18,21H2,1-7H3,(H,35,36,37)/t27?,28-,30-/m0/s1. The van der Waals surface area contributed by atoms with Crippen molar-refractivity contribution in [2.75, 3.05) is 24.4 Å². The molecule has 3 atom stereocenters. The molecule has 1 aromatic heterocycles. The Balaban J connectivity index is 1.68. The third-order valence-electron chi connectivity index (χ3n) is 8.64. The van der Waals surface area contributed by atoms with Crippen molar-refractivity contribution in [1.29, 1.82) is 0 Å². The topological polar surface area (TPSA) is 84.4 Å². The van der Waals surface area contributed by atoms with Crippen molar-refractivity contribution in [2.24, 2.45) is 17.3 Å². The van der Waals surface area contributed by atoms with Crippen LogP contribution in [0.2, 0.25) is 0 Å². The van der Waals surface area contributed by atoms with Crippen LogP contribution in [0.5, 0.6) is 5.88 Å². The van der Waals surface area contributed by atoms with Crippen molar-refractivity contribution in [2.45, 2.75) is 84.6 Å². The van der Waals surface area contributed by atoms with Crippen molar-refractivity contribution >= 4 is 16.0 Å². The van der Waals surface area contributed by atoms with E-state index in [-0.39, 0.29) is 34.2 Å². The van der Waals surface area contributed by atoms with Gasteiger partial charge in [-0.15, -0.1) is 0 Å². The Labute approximate surface area is 252 Å². The summed E-state index contributed by atoms with van der Waals surface area (Å²) in [6, 6.07) is 15.4. The number of hydrogen-bond donors (Lipinski definition) is 1. The van der Waals surface area contributed by atoms with Crippen molar-refractivity contribution in [3.63, 3.8) is 0 Å². The zero-order chi connectivity index (χ0) is 30.2. The molecule has 3 heterocycles.